The van der Waals surface area contributed by atoms with Crippen LogP contribution in [0.3, 0.4) is 0 Å². The first kappa shape index (κ1) is 19.9. The number of rotatable bonds is 7. The molecule has 0 aliphatic carbocycles. The zero-order valence-corrected chi connectivity index (χ0v) is 15.9. The van der Waals surface area contributed by atoms with Gasteiger partial charge in [-0.15, -0.1) is 0 Å². The zero-order chi connectivity index (χ0) is 19.3. The van der Waals surface area contributed by atoms with Gasteiger partial charge in [0, 0.05) is 0 Å². The number of anilines is 1. The van der Waals surface area contributed by atoms with E-state index in [0.717, 1.165) is 28.1 Å². The molecule has 0 saturated heterocycles. The summed E-state index contributed by atoms with van der Waals surface area (Å²) < 4.78 is 38.3. The van der Waals surface area contributed by atoms with Crippen molar-refractivity contribution in [2.24, 2.45) is 0 Å². The van der Waals surface area contributed by atoms with Crippen LogP contribution in [0, 0.1) is 5.82 Å². The van der Waals surface area contributed by atoms with Crippen molar-refractivity contribution in [1.82, 2.24) is 5.32 Å². The number of nitrogens with zero attached hydrogens (tertiary/aromatic N) is 1. The van der Waals surface area contributed by atoms with Crippen LogP contribution >= 0.6 is 0 Å². The minimum absolute atomic E-state index is 0.324. The summed E-state index contributed by atoms with van der Waals surface area (Å²) >= 11 is 0. The van der Waals surface area contributed by atoms with E-state index < -0.39 is 15.9 Å². The van der Waals surface area contributed by atoms with Gasteiger partial charge in [0.1, 0.15) is 12.4 Å². The Balaban J connectivity index is 2.12. The van der Waals surface area contributed by atoms with Crippen LogP contribution in [0.1, 0.15) is 31.0 Å². The summed E-state index contributed by atoms with van der Waals surface area (Å²) in [4.78, 5) is 12.4. The van der Waals surface area contributed by atoms with Crippen LogP contribution in [-0.4, -0.2) is 27.1 Å². The molecule has 0 aliphatic heterocycles. The molecular formula is C19H23FN2O3S. The smallest absolute Gasteiger partial charge is 0.241 e. The van der Waals surface area contributed by atoms with Crippen LogP contribution in [0.15, 0.2) is 48.5 Å². The Morgan fingerprint density at radius 3 is 2.19 bits per heavy atom. The van der Waals surface area contributed by atoms with Crippen molar-refractivity contribution in [3.63, 3.8) is 0 Å². The third kappa shape index (κ3) is 5.29. The highest BCUT2D eigenvalue weighted by atomic mass is 32.2. The lowest BCUT2D eigenvalue weighted by atomic mass is 10.1. The molecule has 2 rings (SSSR count). The molecule has 140 valence electrons. The summed E-state index contributed by atoms with van der Waals surface area (Å²) in [6.07, 6.45) is 1.91. The number of sulfonamides is 1. The van der Waals surface area contributed by atoms with Crippen molar-refractivity contribution in [2.45, 2.75) is 26.3 Å². The topological polar surface area (TPSA) is 66.5 Å². The molecule has 26 heavy (non-hydrogen) atoms. The van der Waals surface area contributed by atoms with E-state index in [2.05, 4.69) is 5.32 Å². The van der Waals surface area contributed by atoms with E-state index in [-0.39, 0.29) is 18.4 Å². The molecule has 0 spiro atoms. The minimum atomic E-state index is -3.62. The van der Waals surface area contributed by atoms with E-state index in [1.165, 1.54) is 12.1 Å². The predicted octanol–water partition coefficient (Wildman–Crippen LogP) is 3.03. The maximum Gasteiger partial charge on any atom is 0.241 e. The standard InChI is InChI=1S/C19H23FN2O3S/c1-4-15-5-11-18(12-6-15)22(26(3,24)25)13-19(23)21-14(2)16-7-9-17(20)10-8-16/h5-12,14H,4,13H2,1-3H3,(H,21,23)/t14-/m1/s1. The van der Waals surface area contributed by atoms with Gasteiger partial charge in [0.15, 0.2) is 0 Å². The lowest BCUT2D eigenvalue weighted by molar-refractivity contribution is -0.120. The molecule has 1 atom stereocenters. The third-order valence-corrected chi connectivity index (χ3v) is 5.21. The highest BCUT2D eigenvalue weighted by Gasteiger charge is 2.21. The number of hydrogen-bond acceptors (Lipinski definition) is 3. The van der Waals surface area contributed by atoms with E-state index in [1.54, 1.807) is 31.2 Å². The van der Waals surface area contributed by atoms with Crippen molar-refractivity contribution in [1.29, 1.82) is 0 Å². The number of halogens is 1. The molecule has 0 fully saturated rings. The number of amides is 1. The van der Waals surface area contributed by atoms with Gasteiger partial charge >= 0.3 is 0 Å². The second-order valence-corrected chi connectivity index (χ2v) is 8.04. The van der Waals surface area contributed by atoms with Crippen LogP contribution in [-0.2, 0) is 21.2 Å². The van der Waals surface area contributed by atoms with Gasteiger partial charge in [-0.2, -0.15) is 0 Å². The number of hydrogen-bond donors (Lipinski definition) is 1. The summed E-state index contributed by atoms with van der Waals surface area (Å²) in [7, 11) is -3.62. The second kappa shape index (κ2) is 8.31. The molecule has 0 unspecified atom stereocenters. The third-order valence-electron chi connectivity index (χ3n) is 4.07. The molecule has 0 heterocycles. The fourth-order valence-electron chi connectivity index (χ4n) is 2.55. The zero-order valence-electron chi connectivity index (χ0n) is 15.1. The molecule has 0 aliphatic rings. The minimum Gasteiger partial charge on any atom is -0.348 e. The number of carbonyl (C=O) groups excluding carboxylic acids is 1. The Hall–Kier alpha value is -2.41. The molecular weight excluding hydrogens is 355 g/mol. The van der Waals surface area contributed by atoms with Gasteiger partial charge in [0.25, 0.3) is 0 Å². The van der Waals surface area contributed by atoms with E-state index in [4.69, 9.17) is 0 Å². The summed E-state index contributed by atoms with van der Waals surface area (Å²) in [5.74, 6) is -0.794. The van der Waals surface area contributed by atoms with Crippen LogP contribution < -0.4 is 9.62 Å². The van der Waals surface area contributed by atoms with Crippen LogP contribution in [0.25, 0.3) is 0 Å². The van der Waals surface area contributed by atoms with E-state index in [1.807, 2.05) is 19.1 Å². The first-order chi connectivity index (χ1) is 12.2. The lowest BCUT2D eigenvalue weighted by Gasteiger charge is -2.23. The predicted molar refractivity (Wildman–Crippen MR) is 101 cm³/mol. The fourth-order valence-corrected chi connectivity index (χ4v) is 3.41. The Bertz CT molecular complexity index is 849. The molecule has 2 aromatic rings. The maximum absolute atomic E-state index is 13.0. The van der Waals surface area contributed by atoms with Gasteiger partial charge < -0.3 is 5.32 Å². The highest BCUT2D eigenvalue weighted by Crippen LogP contribution is 2.19. The normalized spacial score (nSPS) is 12.5. The van der Waals surface area contributed by atoms with Crippen molar-refractivity contribution in [2.75, 3.05) is 17.1 Å². The van der Waals surface area contributed by atoms with Gasteiger partial charge in [-0.05, 0) is 48.7 Å². The van der Waals surface area contributed by atoms with Crippen molar-refractivity contribution in [3.05, 3.63) is 65.5 Å². The lowest BCUT2D eigenvalue weighted by Crippen LogP contribution is -2.41. The Morgan fingerprint density at radius 2 is 1.69 bits per heavy atom. The van der Waals surface area contributed by atoms with E-state index in [9.17, 15) is 17.6 Å². The summed E-state index contributed by atoms with van der Waals surface area (Å²) in [6.45, 7) is 3.44. The quantitative estimate of drug-likeness (QED) is 0.805. The molecule has 1 N–H and O–H groups in total. The Morgan fingerprint density at radius 1 is 1.12 bits per heavy atom. The average Bonchev–Trinajstić information content (AvgIpc) is 2.59. The molecule has 2 aromatic carbocycles. The SMILES string of the molecule is CCc1ccc(N(CC(=O)N[C@H](C)c2ccc(F)cc2)S(C)(=O)=O)cc1. The van der Waals surface area contributed by atoms with Crippen molar-refractivity contribution >= 4 is 21.6 Å². The molecule has 0 saturated carbocycles. The van der Waals surface area contributed by atoms with Crippen LogP contribution in [0.5, 0.6) is 0 Å². The highest BCUT2D eigenvalue weighted by molar-refractivity contribution is 7.92. The fraction of sp³-hybridized carbons (Fsp3) is 0.316. The van der Waals surface area contributed by atoms with Crippen molar-refractivity contribution < 1.29 is 17.6 Å². The number of nitrogens with one attached hydrogen (secondary N) is 1. The van der Waals surface area contributed by atoms with Crippen molar-refractivity contribution in [3.8, 4) is 0 Å². The van der Waals surface area contributed by atoms with Gasteiger partial charge in [0.05, 0.1) is 18.0 Å². The average molecular weight is 378 g/mol. The molecule has 7 heteroatoms. The van der Waals surface area contributed by atoms with Gasteiger partial charge in [-0.3, -0.25) is 9.10 Å². The second-order valence-electron chi connectivity index (χ2n) is 6.13. The molecule has 0 bridgehead atoms. The maximum atomic E-state index is 13.0. The Kier molecular flexibility index (Phi) is 6.37. The monoisotopic (exact) mass is 378 g/mol. The Labute approximate surface area is 153 Å². The first-order valence-electron chi connectivity index (χ1n) is 8.32. The molecule has 5 nitrogen and oxygen atoms in total. The summed E-state index contributed by atoms with van der Waals surface area (Å²) in [5, 5.41) is 2.74. The first-order valence-corrected chi connectivity index (χ1v) is 10.2. The molecule has 0 radical (unpaired) electrons. The van der Waals surface area contributed by atoms with Gasteiger partial charge in [0.2, 0.25) is 15.9 Å². The summed E-state index contributed by atoms with van der Waals surface area (Å²) in [5.41, 5.74) is 2.25. The van der Waals surface area contributed by atoms with Crippen LogP contribution in [0.4, 0.5) is 10.1 Å². The van der Waals surface area contributed by atoms with E-state index >= 15 is 0 Å². The number of benzene rings is 2. The molecule has 1 amide bonds. The number of aryl methyl sites for hydroxylation is 1. The number of carbonyl (C=O) groups is 1. The van der Waals surface area contributed by atoms with E-state index in [0.29, 0.717) is 5.69 Å². The summed E-state index contributed by atoms with van der Waals surface area (Å²) in [6, 6.07) is 12.5. The van der Waals surface area contributed by atoms with Gasteiger partial charge in [-0.25, -0.2) is 12.8 Å². The molecule has 0 aromatic heterocycles. The van der Waals surface area contributed by atoms with Crippen LogP contribution in [0.2, 0.25) is 0 Å². The largest absolute Gasteiger partial charge is 0.348 e. The van der Waals surface area contributed by atoms with Gasteiger partial charge in [-0.1, -0.05) is 31.2 Å².